The van der Waals surface area contributed by atoms with Crippen LogP contribution in [-0.2, 0) is 11.2 Å². The largest absolute Gasteiger partial charge is 0.490 e. The fraction of sp³-hybridized carbons (Fsp3) is 0.500. The van der Waals surface area contributed by atoms with E-state index < -0.39 is 5.92 Å². The number of carbonyl (C=O) groups is 2. The van der Waals surface area contributed by atoms with Gasteiger partial charge in [0, 0.05) is 25.2 Å². The van der Waals surface area contributed by atoms with Gasteiger partial charge >= 0.3 is 0 Å². The van der Waals surface area contributed by atoms with Crippen molar-refractivity contribution in [3.05, 3.63) is 58.7 Å². The number of hydrogen-bond acceptors (Lipinski definition) is 4. The third-order valence-corrected chi connectivity index (χ3v) is 7.37. The minimum absolute atomic E-state index is 0.0120. The fourth-order valence-electron chi connectivity index (χ4n) is 5.83. The summed E-state index contributed by atoms with van der Waals surface area (Å²) in [5.74, 6) is 1.14. The summed E-state index contributed by atoms with van der Waals surface area (Å²) in [5, 5.41) is 0. The summed E-state index contributed by atoms with van der Waals surface area (Å²) in [4.78, 5) is 31.7. The smallest absolute Gasteiger partial charge is 0.254 e. The number of fused-ring (bicyclic) bond motifs is 4. The van der Waals surface area contributed by atoms with Gasteiger partial charge in [-0.15, -0.1) is 0 Å². The maximum absolute atomic E-state index is 14.2. The lowest BCUT2D eigenvalue weighted by atomic mass is 9.75. The van der Waals surface area contributed by atoms with E-state index in [9.17, 15) is 9.59 Å². The van der Waals surface area contributed by atoms with Crippen LogP contribution < -0.4 is 9.47 Å². The van der Waals surface area contributed by atoms with Crippen molar-refractivity contribution in [1.82, 2.24) is 9.80 Å². The predicted molar refractivity (Wildman–Crippen MR) is 130 cm³/mol. The van der Waals surface area contributed by atoms with Gasteiger partial charge in [-0.05, 0) is 68.0 Å². The molecule has 2 amide bonds. The lowest BCUT2D eigenvalue weighted by Crippen LogP contribution is -2.51. The first kappa shape index (κ1) is 22.8. The van der Waals surface area contributed by atoms with Gasteiger partial charge in [-0.25, -0.2) is 0 Å². The van der Waals surface area contributed by atoms with Crippen LogP contribution in [0.5, 0.6) is 11.5 Å². The molecule has 6 nitrogen and oxygen atoms in total. The number of likely N-dealkylation sites (tertiary alicyclic amines) is 1. The summed E-state index contributed by atoms with van der Waals surface area (Å²) < 4.78 is 11.8. The third kappa shape index (κ3) is 3.93. The van der Waals surface area contributed by atoms with Gasteiger partial charge in [0.05, 0.1) is 25.2 Å². The number of rotatable bonds is 5. The van der Waals surface area contributed by atoms with Gasteiger partial charge in [0.2, 0.25) is 5.91 Å². The van der Waals surface area contributed by atoms with E-state index in [-0.39, 0.29) is 17.9 Å². The quantitative estimate of drug-likeness (QED) is 0.645. The summed E-state index contributed by atoms with van der Waals surface area (Å²) in [6.07, 6.45) is 5.14. The molecule has 0 unspecified atom stereocenters. The molecule has 180 valence electrons. The first-order chi connectivity index (χ1) is 16.6. The first-order valence-corrected chi connectivity index (χ1v) is 12.7. The van der Waals surface area contributed by atoms with E-state index in [1.807, 2.05) is 54.0 Å². The molecule has 0 bridgehead atoms. The van der Waals surface area contributed by atoms with E-state index in [2.05, 4.69) is 6.07 Å². The highest BCUT2D eigenvalue weighted by Crippen LogP contribution is 2.49. The minimum Gasteiger partial charge on any atom is -0.490 e. The molecule has 6 heteroatoms. The van der Waals surface area contributed by atoms with Crippen molar-refractivity contribution in [3.8, 4) is 11.5 Å². The van der Waals surface area contributed by atoms with Crippen molar-refractivity contribution in [2.75, 3.05) is 32.8 Å². The Kier molecular flexibility index (Phi) is 6.48. The molecule has 2 atom stereocenters. The maximum atomic E-state index is 14.2. The van der Waals surface area contributed by atoms with Gasteiger partial charge in [0.25, 0.3) is 5.91 Å². The number of hydrogen-bond donors (Lipinski definition) is 0. The van der Waals surface area contributed by atoms with Crippen molar-refractivity contribution in [2.24, 2.45) is 0 Å². The van der Waals surface area contributed by atoms with E-state index in [0.29, 0.717) is 31.1 Å². The summed E-state index contributed by atoms with van der Waals surface area (Å²) in [6, 6.07) is 11.4. The van der Waals surface area contributed by atoms with Crippen molar-refractivity contribution in [3.63, 3.8) is 0 Å². The van der Waals surface area contributed by atoms with Crippen LogP contribution in [0.3, 0.4) is 0 Å². The Balaban J connectivity index is 1.64. The zero-order chi connectivity index (χ0) is 23.7. The van der Waals surface area contributed by atoms with Gasteiger partial charge < -0.3 is 19.3 Å². The fourth-order valence-corrected chi connectivity index (χ4v) is 5.83. The van der Waals surface area contributed by atoms with E-state index in [1.165, 1.54) is 12.8 Å². The molecular weight excluding hydrogens is 428 g/mol. The highest BCUT2D eigenvalue weighted by Gasteiger charge is 2.47. The molecule has 0 radical (unpaired) electrons. The Morgan fingerprint density at radius 1 is 0.912 bits per heavy atom. The monoisotopic (exact) mass is 462 g/mol. The SMILES string of the molecule is CCOc1cc2c(cc1OCC)[C@@H]1[C@@H](C(=O)N3CCCCCC3)c3ccccc3C(=O)N1CC2. The van der Waals surface area contributed by atoms with Crippen LogP contribution in [-0.4, -0.2) is 54.5 Å². The molecule has 3 aliphatic heterocycles. The van der Waals surface area contributed by atoms with Gasteiger partial charge in [0.15, 0.2) is 11.5 Å². The lowest BCUT2D eigenvalue weighted by molar-refractivity contribution is -0.134. The van der Waals surface area contributed by atoms with Crippen molar-refractivity contribution in [2.45, 2.75) is 57.9 Å². The van der Waals surface area contributed by atoms with Crippen LogP contribution in [0, 0.1) is 0 Å². The van der Waals surface area contributed by atoms with E-state index in [0.717, 1.165) is 54.8 Å². The molecule has 0 spiro atoms. The molecule has 1 saturated heterocycles. The molecule has 2 aromatic carbocycles. The molecule has 3 aliphatic rings. The Bertz CT molecular complexity index is 1070. The Hall–Kier alpha value is -3.02. The second-order valence-corrected chi connectivity index (χ2v) is 9.36. The number of amides is 2. The first-order valence-electron chi connectivity index (χ1n) is 12.7. The summed E-state index contributed by atoms with van der Waals surface area (Å²) in [7, 11) is 0. The van der Waals surface area contributed by atoms with Crippen LogP contribution in [0.15, 0.2) is 36.4 Å². The van der Waals surface area contributed by atoms with E-state index in [4.69, 9.17) is 9.47 Å². The highest BCUT2D eigenvalue weighted by molar-refractivity contribution is 6.01. The second-order valence-electron chi connectivity index (χ2n) is 9.36. The van der Waals surface area contributed by atoms with Crippen LogP contribution >= 0.6 is 0 Å². The number of benzene rings is 2. The highest BCUT2D eigenvalue weighted by atomic mass is 16.5. The van der Waals surface area contributed by atoms with Crippen molar-refractivity contribution >= 4 is 11.8 Å². The molecule has 3 heterocycles. The molecule has 34 heavy (non-hydrogen) atoms. The van der Waals surface area contributed by atoms with Gasteiger partial charge in [-0.2, -0.15) is 0 Å². The zero-order valence-corrected chi connectivity index (χ0v) is 20.2. The van der Waals surface area contributed by atoms with E-state index >= 15 is 0 Å². The average molecular weight is 463 g/mol. The summed E-state index contributed by atoms with van der Waals surface area (Å²) in [5.41, 5.74) is 3.65. The van der Waals surface area contributed by atoms with E-state index in [1.54, 1.807) is 0 Å². The molecular formula is C28H34N2O4. The zero-order valence-electron chi connectivity index (χ0n) is 20.2. The predicted octanol–water partition coefficient (Wildman–Crippen LogP) is 4.72. The molecule has 0 aromatic heterocycles. The van der Waals surface area contributed by atoms with Crippen LogP contribution in [0.1, 0.15) is 78.5 Å². The van der Waals surface area contributed by atoms with Crippen molar-refractivity contribution < 1.29 is 19.1 Å². The normalized spacial score (nSPS) is 21.8. The third-order valence-electron chi connectivity index (χ3n) is 7.37. The van der Waals surface area contributed by atoms with Crippen LogP contribution in [0.2, 0.25) is 0 Å². The van der Waals surface area contributed by atoms with Gasteiger partial charge in [-0.3, -0.25) is 9.59 Å². The molecule has 0 N–H and O–H groups in total. The number of carbonyl (C=O) groups excluding carboxylic acids is 2. The number of ether oxygens (including phenoxy) is 2. The molecule has 1 fully saturated rings. The topological polar surface area (TPSA) is 59.1 Å². The minimum atomic E-state index is -0.418. The molecule has 5 rings (SSSR count). The van der Waals surface area contributed by atoms with Crippen molar-refractivity contribution in [1.29, 1.82) is 0 Å². The average Bonchev–Trinajstić information content (AvgIpc) is 3.14. The van der Waals surface area contributed by atoms with Crippen LogP contribution in [0.4, 0.5) is 0 Å². The van der Waals surface area contributed by atoms with Gasteiger partial charge in [-0.1, -0.05) is 31.0 Å². The standard InChI is InChI=1S/C28H34N2O4/c1-3-33-23-17-19-13-16-30-26(22(19)18-24(23)34-4-2)25(20-11-7-8-12-21(20)27(30)31)28(32)29-14-9-5-6-10-15-29/h7-8,11-12,17-18,25-26H,3-6,9-10,13-16H2,1-2H3/t25-,26+/m0/s1. The molecule has 0 saturated carbocycles. The second kappa shape index (κ2) is 9.69. The molecule has 0 aliphatic carbocycles. The lowest BCUT2D eigenvalue weighted by Gasteiger charge is -2.46. The van der Waals surface area contributed by atoms with Crippen LogP contribution in [0.25, 0.3) is 0 Å². The summed E-state index contributed by atoms with van der Waals surface area (Å²) >= 11 is 0. The Labute approximate surface area is 201 Å². The Morgan fingerprint density at radius 2 is 1.59 bits per heavy atom. The number of nitrogens with zero attached hydrogens (tertiary/aromatic N) is 2. The summed E-state index contributed by atoms with van der Waals surface area (Å²) in [6.45, 7) is 7.16. The molecule has 2 aromatic rings. The maximum Gasteiger partial charge on any atom is 0.254 e. The Morgan fingerprint density at radius 3 is 2.29 bits per heavy atom. The van der Waals surface area contributed by atoms with Gasteiger partial charge in [0.1, 0.15) is 0 Å².